The molecule has 3 rings (SSSR count). The van der Waals surface area contributed by atoms with Gasteiger partial charge in [-0.2, -0.15) is 0 Å². The lowest BCUT2D eigenvalue weighted by molar-refractivity contribution is -0.133. The summed E-state index contributed by atoms with van der Waals surface area (Å²) in [7, 11) is -4.03. The van der Waals surface area contributed by atoms with Gasteiger partial charge in [0.25, 0.3) is 10.0 Å². The van der Waals surface area contributed by atoms with Gasteiger partial charge in [0, 0.05) is 18.1 Å². The first-order valence-electron chi connectivity index (χ1n) is 9.29. The number of sulfonamides is 1. The number of benzene rings is 2. The summed E-state index contributed by atoms with van der Waals surface area (Å²) in [5.74, 6) is 0.0967. The summed E-state index contributed by atoms with van der Waals surface area (Å²) in [4.78, 5) is 14.5. The largest absolute Gasteiger partial charge is 0.492 e. The van der Waals surface area contributed by atoms with Crippen molar-refractivity contribution in [3.8, 4) is 5.75 Å². The number of ether oxygens (including phenoxy) is 2. The molecule has 156 valence electrons. The Morgan fingerprint density at radius 3 is 2.45 bits per heavy atom. The Labute approximate surface area is 175 Å². The van der Waals surface area contributed by atoms with Gasteiger partial charge in [0.05, 0.1) is 30.4 Å². The van der Waals surface area contributed by atoms with Crippen LogP contribution in [0.5, 0.6) is 5.75 Å². The van der Waals surface area contributed by atoms with E-state index >= 15 is 0 Å². The van der Waals surface area contributed by atoms with Crippen LogP contribution in [0.1, 0.15) is 6.92 Å². The van der Waals surface area contributed by atoms with Crippen LogP contribution >= 0.6 is 11.6 Å². The molecule has 1 aliphatic rings. The van der Waals surface area contributed by atoms with Crippen LogP contribution in [0.4, 0.5) is 5.69 Å². The maximum absolute atomic E-state index is 13.5. The molecule has 0 bridgehead atoms. The summed E-state index contributed by atoms with van der Waals surface area (Å²) < 4.78 is 38.9. The normalized spacial score (nSPS) is 14.5. The van der Waals surface area contributed by atoms with E-state index in [1.807, 2.05) is 6.92 Å². The predicted octanol–water partition coefficient (Wildman–Crippen LogP) is 2.79. The van der Waals surface area contributed by atoms with E-state index in [4.69, 9.17) is 21.1 Å². The fourth-order valence-electron chi connectivity index (χ4n) is 3.01. The highest BCUT2D eigenvalue weighted by Crippen LogP contribution is 2.33. The summed E-state index contributed by atoms with van der Waals surface area (Å²) in [5.41, 5.74) is 0.311. The van der Waals surface area contributed by atoms with Gasteiger partial charge < -0.3 is 14.4 Å². The maximum atomic E-state index is 13.5. The second kappa shape index (κ2) is 9.47. The molecule has 0 radical (unpaired) electrons. The summed E-state index contributed by atoms with van der Waals surface area (Å²) in [5, 5.41) is 0.426. The van der Waals surface area contributed by atoms with Gasteiger partial charge in [-0.1, -0.05) is 23.7 Å². The minimum absolute atomic E-state index is 0.0444. The van der Waals surface area contributed by atoms with Gasteiger partial charge >= 0.3 is 0 Å². The zero-order valence-electron chi connectivity index (χ0n) is 16.1. The van der Waals surface area contributed by atoms with Crippen LogP contribution in [0.2, 0.25) is 5.02 Å². The second-order valence-corrected chi connectivity index (χ2v) is 8.66. The number of hydrogen-bond acceptors (Lipinski definition) is 5. The van der Waals surface area contributed by atoms with Gasteiger partial charge in [-0.05, 0) is 43.3 Å². The van der Waals surface area contributed by atoms with Crippen molar-refractivity contribution >= 4 is 33.2 Å². The molecule has 2 aromatic carbocycles. The molecule has 1 heterocycles. The van der Waals surface area contributed by atoms with Crippen molar-refractivity contribution in [3.05, 3.63) is 53.6 Å². The highest BCUT2D eigenvalue weighted by molar-refractivity contribution is 7.92. The predicted molar refractivity (Wildman–Crippen MR) is 111 cm³/mol. The lowest BCUT2D eigenvalue weighted by atomic mass is 10.3. The Balaban J connectivity index is 2.01. The summed E-state index contributed by atoms with van der Waals surface area (Å²) in [6.45, 7) is 3.57. The van der Waals surface area contributed by atoms with E-state index < -0.39 is 10.0 Å². The number of carbonyl (C=O) groups excluding carboxylic acids is 1. The molecule has 29 heavy (non-hydrogen) atoms. The first-order valence-corrected chi connectivity index (χ1v) is 11.1. The number of para-hydroxylation sites is 2. The summed E-state index contributed by atoms with van der Waals surface area (Å²) in [6.07, 6.45) is 0. The topological polar surface area (TPSA) is 76.2 Å². The number of hydrogen-bond donors (Lipinski definition) is 0. The maximum Gasteiger partial charge on any atom is 0.264 e. The van der Waals surface area contributed by atoms with Crippen molar-refractivity contribution < 1.29 is 22.7 Å². The lowest BCUT2D eigenvalue weighted by Gasteiger charge is -2.31. The smallest absolute Gasteiger partial charge is 0.264 e. The van der Waals surface area contributed by atoms with Crippen LogP contribution in [0.3, 0.4) is 0 Å². The molecule has 1 aliphatic heterocycles. The van der Waals surface area contributed by atoms with Crippen LogP contribution in [0.25, 0.3) is 0 Å². The van der Waals surface area contributed by atoms with E-state index in [0.717, 1.165) is 4.31 Å². The van der Waals surface area contributed by atoms with Crippen LogP contribution in [0.15, 0.2) is 53.4 Å². The molecule has 7 nitrogen and oxygen atoms in total. The van der Waals surface area contributed by atoms with Gasteiger partial charge in [0.15, 0.2) is 0 Å². The minimum Gasteiger partial charge on any atom is -0.492 e. The molecule has 0 aliphatic carbocycles. The van der Waals surface area contributed by atoms with E-state index in [0.29, 0.717) is 49.4 Å². The van der Waals surface area contributed by atoms with E-state index in [2.05, 4.69) is 0 Å². The quantitative estimate of drug-likeness (QED) is 0.664. The van der Waals surface area contributed by atoms with Gasteiger partial charge in [0.1, 0.15) is 12.3 Å². The fourth-order valence-corrected chi connectivity index (χ4v) is 4.56. The number of carbonyl (C=O) groups is 1. The van der Waals surface area contributed by atoms with Crippen LogP contribution in [-0.4, -0.2) is 58.7 Å². The highest BCUT2D eigenvalue weighted by atomic mass is 35.5. The van der Waals surface area contributed by atoms with E-state index in [-0.39, 0.29) is 17.3 Å². The number of morpholine rings is 1. The first kappa shape index (κ1) is 21.4. The molecule has 2 aromatic rings. The molecule has 0 saturated carbocycles. The number of anilines is 1. The van der Waals surface area contributed by atoms with Crippen molar-refractivity contribution in [1.82, 2.24) is 4.90 Å². The average Bonchev–Trinajstić information content (AvgIpc) is 2.73. The Morgan fingerprint density at radius 2 is 1.79 bits per heavy atom. The third-order valence-corrected chi connectivity index (χ3v) is 6.50. The zero-order valence-corrected chi connectivity index (χ0v) is 17.7. The molecule has 1 saturated heterocycles. The fraction of sp³-hybridized carbons (Fsp3) is 0.350. The molecular formula is C20H23ClN2O5S. The third-order valence-electron chi connectivity index (χ3n) is 4.48. The number of halogens is 1. The van der Waals surface area contributed by atoms with Gasteiger partial charge in [-0.25, -0.2) is 8.42 Å². The van der Waals surface area contributed by atoms with E-state index in [1.54, 1.807) is 29.2 Å². The Bertz CT molecular complexity index is 944. The van der Waals surface area contributed by atoms with Crippen molar-refractivity contribution in [1.29, 1.82) is 0 Å². The van der Waals surface area contributed by atoms with E-state index in [9.17, 15) is 13.2 Å². The third kappa shape index (κ3) is 5.01. The molecule has 0 atom stereocenters. The molecule has 1 amide bonds. The van der Waals surface area contributed by atoms with Gasteiger partial charge in [0.2, 0.25) is 5.91 Å². The van der Waals surface area contributed by atoms with Crippen molar-refractivity contribution in [2.24, 2.45) is 0 Å². The van der Waals surface area contributed by atoms with Gasteiger partial charge in [-0.3, -0.25) is 9.10 Å². The zero-order chi connectivity index (χ0) is 20.9. The number of rotatable bonds is 7. The Hall–Kier alpha value is -2.29. The molecule has 0 unspecified atom stereocenters. The van der Waals surface area contributed by atoms with E-state index in [1.165, 1.54) is 24.3 Å². The minimum atomic E-state index is -4.03. The van der Waals surface area contributed by atoms with Crippen molar-refractivity contribution in [3.63, 3.8) is 0 Å². The summed E-state index contributed by atoms with van der Waals surface area (Å²) in [6, 6.07) is 12.6. The van der Waals surface area contributed by atoms with Crippen molar-refractivity contribution in [2.75, 3.05) is 43.8 Å². The first-order chi connectivity index (χ1) is 13.9. The molecule has 1 fully saturated rings. The lowest BCUT2D eigenvalue weighted by Crippen LogP contribution is -2.47. The SMILES string of the molecule is CCOc1ccccc1N(CC(=O)N1CCOCC1)S(=O)(=O)c1ccc(Cl)cc1. The monoisotopic (exact) mass is 438 g/mol. The second-order valence-electron chi connectivity index (χ2n) is 6.36. The van der Waals surface area contributed by atoms with Crippen LogP contribution in [0, 0.1) is 0 Å². The molecule has 9 heteroatoms. The number of nitrogens with zero attached hydrogens (tertiary/aromatic N) is 2. The molecule has 0 N–H and O–H groups in total. The standard InChI is InChI=1S/C20H23ClN2O5S/c1-2-28-19-6-4-3-5-18(19)23(15-20(24)22-11-13-27-14-12-22)29(25,26)17-9-7-16(21)8-10-17/h3-10H,2,11-15H2,1H3. The Kier molecular flexibility index (Phi) is 7.00. The number of amides is 1. The molecule has 0 spiro atoms. The molecule has 0 aromatic heterocycles. The van der Waals surface area contributed by atoms with Crippen molar-refractivity contribution in [2.45, 2.75) is 11.8 Å². The van der Waals surface area contributed by atoms with Crippen LogP contribution in [-0.2, 0) is 19.6 Å². The highest BCUT2D eigenvalue weighted by Gasteiger charge is 2.31. The molecular weight excluding hydrogens is 416 g/mol. The summed E-state index contributed by atoms with van der Waals surface area (Å²) >= 11 is 5.91. The average molecular weight is 439 g/mol. The van der Waals surface area contributed by atoms with Crippen LogP contribution < -0.4 is 9.04 Å². The Morgan fingerprint density at radius 1 is 1.14 bits per heavy atom. The van der Waals surface area contributed by atoms with Gasteiger partial charge in [-0.15, -0.1) is 0 Å².